The lowest BCUT2D eigenvalue weighted by Gasteiger charge is -2.32. The number of amides is 2. The van der Waals surface area contributed by atoms with E-state index in [9.17, 15) is 9.59 Å². The number of hydrogen-bond donors (Lipinski definition) is 3. The number of carbonyl (C=O) groups excluding carboxylic acids is 2. The van der Waals surface area contributed by atoms with Crippen LogP contribution in [0.15, 0.2) is 73.7 Å². The van der Waals surface area contributed by atoms with Crippen molar-refractivity contribution >= 4 is 40.6 Å². The molecular formula is C27H27ClN6O2. The molecule has 0 spiro atoms. The molecule has 0 radical (unpaired) electrons. The Morgan fingerprint density at radius 3 is 2.67 bits per heavy atom. The van der Waals surface area contributed by atoms with Crippen LogP contribution in [0.25, 0.3) is 0 Å². The van der Waals surface area contributed by atoms with Crippen LogP contribution < -0.4 is 10.6 Å². The van der Waals surface area contributed by atoms with Crippen molar-refractivity contribution in [1.82, 2.24) is 14.9 Å². The van der Waals surface area contributed by atoms with Crippen LogP contribution in [0.3, 0.4) is 0 Å². The second-order valence-corrected chi connectivity index (χ2v) is 8.95. The first-order valence-electron chi connectivity index (χ1n) is 11.7. The van der Waals surface area contributed by atoms with E-state index in [2.05, 4.69) is 27.2 Å². The van der Waals surface area contributed by atoms with Crippen molar-refractivity contribution in [2.75, 3.05) is 30.3 Å². The third kappa shape index (κ3) is 5.95. The summed E-state index contributed by atoms with van der Waals surface area (Å²) in [7, 11) is 0. The van der Waals surface area contributed by atoms with E-state index in [0.29, 0.717) is 46.3 Å². The van der Waals surface area contributed by atoms with Crippen molar-refractivity contribution in [3.63, 3.8) is 0 Å². The fourth-order valence-corrected chi connectivity index (χ4v) is 4.41. The van der Waals surface area contributed by atoms with Crippen LogP contribution in [0.5, 0.6) is 0 Å². The van der Waals surface area contributed by atoms with E-state index in [-0.39, 0.29) is 23.4 Å². The first kappa shape index (κ1) is 25.1. The van der Waals surface area contributed by atoms with Crippen LogP contribution in [0.1, 0.15) is 34.3 Å². The Hall–Kier alpha value is -4.04. The van der Waals surface area contributed by atoms with Gasteiger partial charge in [0.15, 0.2) is 0 Å². The van der Waals surface area contributed by atoms with Gasteiger partial charge in [-0.05, 0) is 49.1 Å². The minimum absolute atomic E-state index is 0.0544. The van der Waals surface area contributed by atoms with Gasteiger partial charge < -0.3 is 15.5 Å². The Labute approximate surface area is 214 Å². The number of nitrogens with one attached hydrogen (secondary N) is 3. The first-order valence-corrected chi connectivity index (χ1v) is 12.0. The number of carbonyl (C=O) groups is 2. The van der Waals surface area contributed by atoms with E-state index in [1.165, 1.54) is 6.08 Å². The Kier molecular flexibility index (Phi) is 8.07. The highest BCUT2D eigenvalue weighted by Crippen LogP contribution is 2.28. The van der Waals surface area contributed by atoms with Gasteiger partial charge in [0.1, 0.15) is 5.82 Å². The van der Waals surface area contributed by atoms with E-state index >= 15 is 0 Å². The zero-order chi connectivity index (χ0) is 25.5. The third-order valence-corrected chi connectivity index (χ3v) is 6.37. The van der Waals surface area contributed by atoms with Crippen LogP contribution in [0, 0.1) is 11.3 Å². The molecule has 1 atom stereocenters. The summed E-state index contributed by atoms with van der Waals surface area (Å²) in [6, 6.07) is 12.1. The zero-order valence-corrected chi connectivity index (χ0v) is 20.5. The topological polar surface area (TPSA) is 111 Å². The van der Waals surface area contributed by atoms with Crippen molar-refractivity contribution in [2.45, 2.75) is 12.8 Å². The minimum atomic E-state index is -0.282. The number of likely N-dealkylation sites (tertiary alicyclic amines) is 1. The number of anilines is 2. The van der Waals surface area contributed by atoms with Gasteiger partial charge in [0, 0.05) is 54.9 Å². The normalized spacial score (nSPS) is 15.1. The molecule has 3 heterocycles. The Bertz CT molecular complexity index is 1260. The maximum Gasteiger partial charge on any atom is 0.256 e. The standard InChI is InChI=1S/C27H27ClN6O2/c1-2-24(35)34-13-5-6-18(17-34)14-32-26-21(15-30-16-22(26)28)25(29)19-8-10-20(11-9-19)27(36)33-23-7-3-4-12-31-23/h2-4,7-12,15-16,18,29H,1,5-6,13-14,17H2,(H,30,32)(H,31,33,36)/t18-/m1/s1. The summed E-state index contributed by atoms with van der Waals surface area (Å²) >= 11 is 6.47. The molecule has 0 unspecified atom stereocenters. The van der Waals surface area contributed by atoms with Gasteiger partial charge in [0.2, 0.25) is 5.91 Å². The number of nitrogens with zero attached hydrogens (tertiary/aromatic N) is 3. The van der Waals surface area contributed by atoms with Crippen molar-refractivity contribution < 1.29 is 9.59 Å². The Balaban J connectivity index is 1.45. The number of aromatic nitrogens is 2. The van der Waals surface area contributed by atoms with Crippen molar-refractivity contribution in [1.29, 1.82) is 5.41 Å². The average molecular weight is 503 g/mol. The van der Waals surface area contributed by atoms with E-state index < -0.39 is 0 Å². The molecule has 1 aliphatic heterocycles. The number of halogens is 1. The number of piperidine rings is 1. The molecule has 0 aliphatic carbocycles. The molecule has 3 aromatic rings. The smallest absolute Gasteiger partial charge is 0.256 e. The Morgan fingerprint density at radius 2 is 1.94 bits per heavy atom. The maximum atomic E-state index is 12.5. The molecule has 184 valence electrons. The molecular weight excluding hydrogens is 476 g/mol. The fraction of sp³-hybridized carbons (Fsp3) is 0.222. The maximum absolute atomic E-state index is 12.5. The fourth-order valence-electron chi connectivity index (χ4n) is 4.18. The lowest BCUT2D eigenvalue weighted by molar-refractivity contribution is -0.127. The molecule has 36 heavy (non-hydrogen) atoms. The molecule has 1 fully saturated rings. The van der Waals surface area contributed by atoms with E-state index in [0.717, 1.165) is 19.4 Å². The van der Waals surface area contributed by atoms with E-state index in [1.807, 2.05) is 4.90 Å². The van der Waals surface area contributed by atoms with Gasteiger partial charge in [0.25, 0.3) is 5.91 Å². The Morgan fingerprint density at radius 1 is 1.17 bits per heavy atom. The van der Waals surface area contributed by atoms with Gasteiger partial charge >= 0.3 is 0 Å². The van der Waals surface area contributed by atoms with Gasteiger partial charge in [-0.2, -0.15) is 0 Å². The molecule has 4 rings (SSSR count). The SMILES string of the molecule is C=CC(=O)N1CCC[C@H](CNc2c(Cl)cncc2C(=N)c2ccc(C(=O)Nc3ccccn3)cc2)C1. The summed E-state index contributed by atoms with van der Waals surface area (Å²) < 4.78 is 0. The van der Waals surface area contributed by atoms with Crippen LogP contribution in [0.4, 0.5) is 11.5 Å². The summed E-state index contributed by atoms with van der Waals surface area (Å²) in [5, 5.41) is 15.3. The van der Waals surface area contributed by atoms with Crippen LogP contribution >= 0.6 is 11.6 Å². The highest BCUT2D eigenvalue weighted by molar-refractivity contribution is 6.34. The van der Waals surface area contributed by atoms with Crippen molar-refractivity contribution in [3.8, 4) is 0 Å². The molecule has 1 saturated heterocycles. The van der Waals surface area contributed by atoms with Crippen LogP contribution in [-0.2, 0) is 4.79 Å². The van der Waals surface area contributed by atoms with Gasteiger partial charge in [-0.3, -0.25) is 20.0 Å². The second kappa shape index (κ2) is 11.6. The first-order chi connectivity index (χ1) is 17.5. The molecule has 2 amide bonds. The van der Waals surface area contributed by atoms with Crippen LogP contribution in [0.2, 0.25) is 5.02 Å². The van der Waals surface area contributed by atoms with E-state index in [4.69, 9.17) is 17.0 Å². The predicted octanol–water partition coefficient (Wildman–Crippen LogP) is 4.63. The molecule has 9 heteroatoms. The summed E-state index contributed by atoms with van der Waals surface area (Å²) in [5.41, 5.74) is 2.49. The quantitative estimate of drug-likeness (QED) is 0.307. The molecule has 8 nitrogen and oxygen atoms in total. The second-order valence-electron chi connectivity index (χ2n) is 8.54. The molecule has 0 saturated carbocycles. The van der Waals surface area contributed by atoms with E-state index in [1.54, 1.807) is 61.1 Å². The van der Waals surface area contributed by atoms with Crippen LogP contribution in [-0.4, -0.2) is 52.0 Å². The molecule has 1 aromatic carbocycles. The van der Waals surface area contributed by atoms with Gasteiger partial charge in [-0.25, -0.2) is 4.98 Å². The third-order valence-electron chi connectivity index (χ3n) is 6.08. The number of benzene rings is 1. The summed E-state index contributed by atoms with van der Waals surface area (Å²) in [5.74, 6) is 0.386. The van der Waals surface area contributed by atoms with Crippen molar-refractivity contribution in [2.24, 2.45) is 5.92 Å². The van der Waals surface area contributed by atoms with Gasteiger partial charge in [-0.15, -0.1) is 0 Å². The molecule has 3 N–H and O–H groups in total. The minimum Gasteiger partial charge on any atom is -0.383 e. The van der Waals surface area contributed by atoms with Gasteiger partial charge in [-0.1, -0.05) is 36.4 Å². The predicted molar refractivity (Wildman–Crippen MR) is 142 cm³/mol. The summed E-state index contributed by atoms with van der Waals surface area (Å²) in [4.78, 5) is 34.6. The van der Waals surface area contributed by atoms with Gasteiger partial charge in [0.05, 0.1) is 16.4 Å². The largest absolute Gasteiger partial charge is 0.383 e. The average Bonchev–Trinajstić information content (AvgIpc) is 2.92. The zero-order valence-electron chi connectivity index (χ0n) is 19.7. The van der Waals surface area contributed by atoms with Crippen molar-refractivity contribution in [3.05, 3.63) is 95.4 Å². The lowest BCUT2D eigenvalue weighted by atomic mass is 9.97. The molecule has 0 bridgehead atoms. The number of pyridine rings is 2. The monoisotopic (exact) mass is 502 g/mol. The molecule has 1 aliphatic rings. The summed E-state index contributed by atoms with van der Waals surface area (Å²) in [6.07, 6.45) is 8.02. The number of rotatable bonds is 8. The summed E-state index contributed by atoms with van der Waals surface area (Å²) in [6.45, 7) is 5.58. The number of hydrogen-bond acceptors (Lipinski definition) is 6. The molecule has 2 aromatic heterocycles. The highest BCUT2D eigenvalue weighted by Gasteiger charge is 2.23. The highest BCUT2D eigenvalue weighted by atomic mass is 35.5. The lowest BCUT2D eigenvalue weighted by Crippen LogP contribution is -2.41.